The van der Waals surface area contributed by atoms with Gasteiger partial charge in [0.05, 0.1) is 46.7 Å². The molecular weight excluding hydrogens is 566 g/mol. The van der Waals surface area contributed by atoms with E-state index in [1.165, 1.54) is 37.5 Å². The molecule has 0 aliphatic rings. The first-order valence-electron chi connectivity index (χ1n) is 12.4. The number of hydrogen-bond acceptors (Lipinski definition) is 7. The van der Waals surface area contributed by atoms with Crippen LogP contribution in [0.5, 0.6) is 0 Å². The van der Waals surface area contributed by atoms with Crippen LogP contribution in [-0.2, 0) is 22.2 Å². The number of esters is 2. The molecule has 0 fully saturated rings. The number of urea groups is 1. The molecule has 0 atom stereocenters. The predicted octanol–water partition coefficient (Wildman–Crippen LogP) is 4.55. The van der Waals surface area contributed by atoms with Crippen LogP contribution in [0.25, 0.3) is 16.7 Å². The highest BCUT2D eigenvalue weighted by Gasteiger charge is 2.35. The second-order valence-electron chi connectivity index (χ2n) is 8.67. The van der Waals surface area contributed by atoms with Gasteiger partial charge in [-0.1, -0.05) is 0 Å². The fourth-order valence-corrected chi connectivity index (χ4v) is 3.90. The molecule has 0 bridgehead atoms. The third-order valence-corrected chi connectivity index (χ3v) is 5.80. The number of fused-ring (bicyclic) bond motifs is 1. The summed E-state index contributed by atoms with van der Waals surface area (Å²) in [4.78, 5) is 54.5. The molecule has 0 aliphatic carbocycles. The van der Waals surface area contributed by atoms with Crippen LogP contribution in [-0.4, -0.2) is 45.7 Å². The van der Waals surface area contributed by atoms with Gasteiger partial charge in [-0.15, -0.1) is 0 Å². The molecule has 0 radical (unpaired) electrons. The number of benzene rings is 2. The maximum Gasteiger partial charge on any atom is 0.418 e. The fourth-order valence-electron chi connectivity index (χ4n) is 3.90. The van der Waals surface area contributed by atoms with Crippen molar-refractivity contribution in [1.29, 1.82) is 0 Å². The molecule has 4 aromatic rings. The molecule has 0 saturated carbocycles. The lowest BCUT2D eigenvalue weighted by Crippen LogP contribution is -2.28. The summed E-state index contributed by atoms with van der Waals surface area (Å²) in [7, 11) is 0. The third-order valence-electron chi connectivity index (χ3n) is 5.80. The summed E-state index contributed by atoms with van der Waals surface area (Å²) in [6, 6.07) is 5.78. The minimum Gasteiger partial charge on any atom is -0.462 e. The molecule has 15 heteroatoms. The van der Waals surface area contributed by atoms with E-state index >= 15 is 0 Å². The molecule has 4 rings (SSSR count). The van der Waals surface area contributed by atoms with E-state index in [9.17, 15) is 36.7 Å². The maximum absolute atomic E-state index is 14.3. The minimum atomic E-state index is -4.82. The van der Waals surface area contributed by atoms with Crippen LogP contribution in [0.2, 0.25) is 0 Å². The molecule has 2 aromatic heterocycles. The Morgan fingerprint density at radius 2 is 1.74 bits per heavy atom. The van der Waals surface area contributed by atoms with Gasteiger partial charge < -0.3 is 29.7 Å². The van der Waals surface area contributed by atoms with Crippen molar-refractivity contribution >= 4 is 34.7 Å². The number of carbonyl (C=O) groups excluding carboxylic acids is 3. The molecule has 2 amide bonds. The summed E-state index contributed by atoms with van der Waals surface area (Å²) in [5, 5.41) is 4.75. The van der Waals surface area contributed by atoms with Gasteiger partial charge in [0.15, 0.2) is 0 Å². The molecule has 0 spiro atoms. The van der Waals surface area contributed by atoms with E-state index in [2.05, 4.69) is 20.6 Å². The Balaban J connectivity index is 1.54. The Morgan fingerprint density at radius 3 is 2.40 bits per heavy atom. The summed E-state index contributed by atoms with van der Waals surface area (Å²) in [6.45, 7) is 3.05. The lowest BCUT2D eigenvalue weighted by Gasteiger charge is -2.15. The molecule has 42 heavy (non-hydrogen) atoms. The molecule has 0 saturated heterocycles. The van der Waals surface area contributed by atoms with E-state index in [1.54, 1.807) is 6.92 Å². The van der Waals surface area contributed by atoms with Crippen LogP contribution < -0.4 is 16.2 Å². The first-order chi connectivity index (χ1) is 19.9. The second kappa shape index (κ2) is 12.1. The van der Waals surface area contributed by atoms with Gasteiger partial charge in [-0.25, -0.2) is 23.8 Å². The van der Waals surface area contributed by atoms with E-state index in [-0.39, 0.29) is 47.7 Å². The smallest absolute Gasteiger partial charge is 0.418 e. The van der Waals surface area contributed by atoms with Crippen molar-refractivity contribution in [2.24, 2.45) is 0 Å². The van der Waals surface area contributed by atoms with Gasteiger partial charge >= 0.3 is 24.1 Å². The number of nitrogens with zero attached hydrogens (tertiary/aromatic N) is 2. The highest BCUT2D eigenvalue weighted by atomic mass is 19.4. The van der Waals surface area contributed by atoms with Crippen molar-refractivity contribution in [3.8, 4) is 5.69 Å². The molecule has 3 N–H and O–H groups in total. The fraction of sp³-hybridized carbons (Fsp3) is 0.222. The zero-order valence-corrected chi connectivity index (χ0v) is 22.1. The van der Waals surface area contributed by atoms with Crippen LogP contribution in [0.4, 0.5) is 28.0 Å². The number of ether oxygens (including phenoxy) is 2. The predicted molar refractivity (Wildman–Crippen MR) is 141 cm³/mol. The minimum absolute atomic E-state index is 0.0350. The monoisotopic (exact) mass is 589 g/mol. The lowest BCUT2D eigenvalue weighted by atomic mass is 10.1. The van der Waals surface area contributed by atoms with Gasteiger partial charge in [-0.2, -0.15) is 13.2 Å². The van der Waals surface area contributed by atoms with Gasteiger partial charge in [-0.3, -0.25) is 4.79 Å². The van der Waals surface area contributed by atoms with E-state index in [1.807, 2.05) is 0 Å². The van der Waals surface area contributed by atoms with Crippen molar-refractivity contribution in [1.82, 2.24) is 19.9 Å². The topological polar surface area (TPSA) is 144 Å². The van der Waals surface area contributed by atoms with Gasteiger partial charge in [0.1, 0.15) is 5.82 Å². The van der Waals surface area contributed by atoms with Crippen molar-refractivity contribution in [2.45, 2.75) is 26.6 Å². The van der Waals surface area contributed by atoms with E-state index in [0.717, 1.165) is 16.7 Å². The van der Waals surface area contributed by atoms with Crippen molar-refractivity contribution in [2.75, 3.05) is 18.5 Å². The van der Waals surface area contributed by atoms with Crippen LogP contribution >= 0.6 is 0 Å². The van der Waals surface area contributed by atoms with Gasteiger partial charge in [0.2, 0.25) is 5.69 Å². The summed E-state index contributed by atoms with van der Waals surface area (Å²) in [5.41, 5.74) is -3.24. The van der Waals surface area contributed by atoms with Crippen molar-refractivity contribution in [3.63, 3.8) is 0 Å². The second-order valence-corrected chi connectivity index (χ2v) is 8.67. The number of anilines is 1. The largest absolute Gasteiger partial charge is 0.462 e. The highest BCUT2D eigenvalue weighted by Crippen LogP contribution is 2.36. The Labute approximate surface area is 234 Å². The average molecular weight is 590 g/mol. The number of nitrogens with one attached hydrogen (secondary N) is 3. The van der Waals surface area contributed by atoms with Crippen LogP contribution in [0, 0.1) is 5.82 Å². The zero-order valence-electron chi connectivity index (χ0n) is 22.1. The zero-order chi connectivity index (χ0) is 30.6. The molecule has 2 heterocycles. The quantitative estimate of drug-likeness (QED) is 0.202. The molecule has 2 aromatic carbocycles. The van der Waals surface area contributed by atoms with Crippen LogP contribution in [0.15, 0.2) is 53.6 Å². The van der Waals surface area contributed by atoms with Crippen molar-refractivity contribution in [3.05, 3.63) is 87.3 Å². The SMILES string of the molecule is CCOC(=O)c1ccc(NC(=O)NCc2ccn(-c3cc4nc(C(=O)OCC)c(=O)[nH]c4cc3C(F)(F)F)c2)c(F)c1. The summed E-state index contributed by atoms with van der Waals surface area (Å²) in [5.74, 6) is -2.62. The Kier molecular flexibility index (Phi) is 8.59. The number of amides is 2. The summed E-state index contributed by atoms with van der Waals surface area (Å²) < 4.78 is 66.9. The third kappa shape index (κ3) is 6.56. The van der Waals surface area contributed by atoms with E-state index < -0.39 is 46.8 Å². The Hall–Kier alpha value is -5.21. The maximum atomic E-state index is 14.3. The first-order valence-corrected chi connectivity index (χ1v) is 12.4. The number of hydrogen-bond donors (Lipinski definition) is 3. The molecule has 0 aliphatic heterocycles. The number of alkyl halides is 3. The van der Waals surface area contributed by atoms with E-state index in [0.29, 0.717) is 11.6 Å². The Morgan fingerprint density at radius 1 is 1.02 bits per heavy atom. The van der Waals surface area contributed by atoms with E-state index in [4.69, 9.17) is 9.47 Å². The van der Waals surface area contributed by atoms with Gasteiger partial charge in [0.25, 0.3) is 5.56 Å². The highest BCUT2D eigenvalue weighted by molar-refractivity contribution is 5.92. The average Bonchev–Trinajstić information content (AvgIpc) is 3.41. The number of aromatic amines is 1. The Bertz CT molecular complexity index is 1730. The normalized spacial score (nSPS) is 11.3. The number of aromatic nitrogens is 3. The molecular formula is C27H23F4N5O6. The number of H-pyrrole nitrogens is 1. The van der Waals surface area contributed by atoms with Gasteiger partial charge in [-0.05, 0) is 55.8 Å². The summed E-state index contributed by atoms with van der Waals surface area (Å²) in [6.07, 6.45) is -2.18. The number of carbonyl (C=O) groups is 3. The standard InChI is InChI=1S/C27H23F4N5O6/c1-3-41-24(38)15-5-6-18(17(28)9-15)35-26(40)32-12-14-7-8-36(13-14)21-11-20-19(10-16(21)27(29,30)31)34-23(37)22(33-20)25(39)42-4-2/h5-11,13H,3-4,12H2,1-2H3,(H,34,37)(H2,32,35,40). The first kappa shape index (κ1) is 29.8. The number of halogens is 4. The lowest BCUT2D eigenvalue weighted by molar-refractivity contribution is -0.137. The van der Waals surface area contributed by atoms with Crippen molar-refractivity contribution < 1.29 is 41.4 Å². The summed E-state index contributed by atoms with van der Waals surface area (Å²) >= 11 is 0. The molecule has 11 nitrogen and oxygen atoms in total. The van der Waals surface area contributed by atoms with Crippen LogP contribution in [0.1, 0.15) is 45.8 Å². The number of rotatable bonds is 8. The molecule has 0 unspecified atom stereocenters. The van der Waals surface area contributed by atoms with Crippen LogP contribution in [0.3, 0.4) is 0 Å². The van der Waals surface area contributed by atoms with Gasteiger partial charge in [0, 0.05) is 18.9 Å². The molecule has 220 valence electrons.